The summed E-state index contributed by atoms with van der Waals surface area (Å²) in [4.78, 5) is 24.3. The molecule has 0 unspecified atom stereocenters. The van der Waals surface area contributed by atoms with Crippen LogP contribution in [0.5, 0.6) is 0 Å². The number of aromatic nitrogens is 5. The number of nitrogens with one attached hydrogen (secondary N) is 1. The molecular weight excluding hydrogens is 378 g/mol. The van der Waals surface area contributed by atoms with E-state index < -0.39 is 0 Å². The molecule has 3 aromatic rings. The third-order valence-electron chi connectivity index (χ3n) is 6.44. The summed E-state index contributed by atoms with van der Waals surface area (Å²) in [6.45, 7) is 2.46. The van der Waals surface area contributed by atoms with Crippen molar-refractivity contribution in [1.82, 2.24) is 29.9 Å². The van der Waals surface area contributed by atoms with Crippen LogP contribution < -0.4 is 5.32 Å². The Morgan fingerprint density at radius 2 is 1.77 bits per heavy atom. The maximum absolute atomic E-state index is 12.8. The molecule has 156 valence electrons. The molecule has 1 saturated carbocycles. The molecule has 2 aliphatic rings. The highest BCUT2D eigenvalue weighted by Gasteiger charge is 2.30. The van der Waals surface area contributed by atoms with Crippen molar-refractivity contribution < 1.29 is 4.79 Å². The number of aryl methyl sites for hydroxylation is 1. The van der Waals surface area contributed by atoms with E-state index in [1.54, 1.807) is 17.1 Å². The van der Waals surface area contributed by atoms with Gasteiger partial charge in [0, 0.05) is 36.8 Å². The van der Waals surface area contributed by atoms with Gasteiger partial charge in [0.2, 0.25) is 5.91 Å². The first-order valence-corrected chi connectivity index (χ1v) is 10.8. The first-order valence-electron chi connectivity index (χ1n) is 10.8. The van der Waals surface area contributed by atoms with Crippen LogP contribution in [0.4, 0.5) is 5.82 Å². The number of anilines is 1. The molecule has 0 spiro atoms. The van der Waals surface area contributed by atoms with Crippen LogP contribution >= 0.6 is 0 Å². The highest BCUT2D eigenvalue weighted by atomic mass is 16.1. The molecule has 3 aromatic heterocycles. The maximum Gasteiger partial charge on any atom is 0.228 e. The SMILES string of the molecule is Cn1cc(-c2cc3cc(NC(=O)C4CCC(N5CCCC5)CC4)ncc3cn2)nn1. The molecule has 8 nitrogen and oxygen atoms in total. The predicted octanol–water partition coefficient (Wildman–Crippen LogP) is 3.02. The van der Waals surface area contributed by atoms with Crippen LogP contribution in [0.25, 0.3) is 22.2 Å². The quantitative estimate of drug-likeness (QED) is 0.718. The number of nitrogens with zero attached hydrogens (tertiary/aromatic N) is 6. The molecule has 8 heteroatoms. The lowest BCUT2D eigenvalue weighted by molar-refractivity contribution is -0.121. The van der Waals surface area contributed by atoms with E-state index in [9.17, 15) is 4.79 Å². The summed E-state index contributed by atoms with van der Waals surface area (Å²) in [5, 5.41) is 13.0. The van der Waals surface area contributed by atoms with Crippen molar-refractivity contribution in [3.8, 4) is 11.4 Å². The summed E-state index contributed by atoms with van der Waals surface area (Å²) in [6, 6.07) is 4.53. The van der Waals surface area contributed by atoms with Crippen molar-refractivity contribution in [1.29, 1.82) is 0 Å². The smallest absolute Gasteiger partial charge is 0.228 e. The van der Waals surface area contributed by atoms with Crippen LogP contribution in [-0.2, 0) is 11.8 Å². The summed E-state index contributed by atoms with van der Waals surface area (Å²) in [5.74, 6) is 0.754. The number of carbonyl (C=O) groups is 1. The first kappa shape index (κ1) is 19.1. The predicted molar refractivity (Wildman–Crippen MR) is 115 cm³/mol. The highest BCUT2D eigenvalue weighted by Crippen LogP contribution is 2.30. The molecule has 1 amide bonds. The number of amides is 1. The lowest BCUT2D eigenvalue weighted by Gasteiger charge is -2.33. The minimum absolute atomic E-state index is 0.0777. The van der Waals surface area contributed by atoms with E-state index in [1.165, 1.54) is 25.9 Å². The van der Waals surface area contributed by atoms with Crippen LogP contribution in [0.3, 0.4) is 0 Å². The van der Waals surface area contributed by atoms with Crippen LogP contribution in [0.1, 0.15) is 38.5 Å². The number of likely N-dealkylation sites (tertiary alicyclic amines) is 1. The van der Waals surface area contributed by atoms with Crippen molar-refractivity contribution in [2.45, 2.75) is 44.6 Å². The standard InChI is InChI=1S/C22H27N7O/c1-28-14-20(26-27-28)19-10-16-11-21(24-13-17(16)12-23-19)25-22(30)15-4-6-18(7-5-15)29-8-2-3-9-29/h10-15,18H,2-9H2,1H3,(H,24,25,30). The number of hydrogen-bond acceptors (Lipinski definition) is 6. The molecule has 1 saturated heterocycles. The van der Waals surface area contributed by atoms with Gasteiger partial charge in [-0.25, -0.2) is 4.98 Å². The highest BCUT2D eigenvalue weighted by molar-refractivity contribution is 5.94. The molecular formula is C22H27N7O. The molecule has 4 heterocycles. The fourth-order valence-electron chi connectivity index (χ4n) is 4.75. The van der Waals surface area contributed by atoms with Crippen LogP contribution in [-0.4, -0.2) is 54.9 Å². The lowest BCUT2D eigenvalue weighted by atomic mass is 9.85. The molecule has 1 aliphatic carbocycles. The van der Waals surface area contributed by atoms with Gasteiger partial charge in [0.15, 0.2) is 0 Å². The Bertz CT molecular complexity index is 1050. The normalized spacial score (nSPS) is 22.4. The Labute approximate surface area is 175 Å². The molecule has 1 N–H and O–H groups in total. The number of fused-ring (bicyclic) bond motifs is 1. The second-order valence-corrected chi connectivity index (χ2v) is 8.50. The van der Waals surface area contributed by atoms with Gasteiger partial charge in [0.1, 0.15) is 11.5 Å². The fraction of sp³-hybridized carbons (Fsp3) is 0.500. The minimum Gasteiger partial charge on any atom is -0.310 e. The van der Waals surface area contributed by atoms with Crippen LogP contribution in [0.2, 0.25) is 0 Å². The molecule has 2 fully saturated rings. The summed E-state index contributed by atoms with van der Waals surface area (Å²) in [7, 11) is 1.83. The van der Waals surface area contributed by atoms with E-state index in [4.69, 9.17) is 0 Å². The third-order valence-corrected chi connectivity index (χ3v) is 6.44. The lowest BCUT2D eigenvalue weighted by Crippen LogP contribution is -2.38. The average molecular weight is 406 g/mol. The fourth-order valence-corrected chi connectivity index (χ4v) is 4.75. The van der Waals surface area contributed by atoms with Crippen LogP contribution in [0.15, 0.2) is 30.7 Å². The van der Waals surface area contributed by atoms with E-state index in [-0.39, 0.29) is 11.8 Å². The zero-order valence-corrected chi connectivity index (χ0v) is 17.3. The topological polar surface area (TPSA) is 88.8 Å². The van der Waals surface area contributed by atoms with Gasteiger partial charge in [0.25, 0.3) is 0 Å². The summed E-state index contributed by atoms with van der Waals surface area (Å²) < 4.78 is 1.65. The Hall–Kier alpha value is -2.87. The third kappa shape index (κ3) is 3.92. The van der Waals surface area contributed by atoms with Crippen molar-refractivity contribution in [2.75, 3.05) is 18.4 Å². The number of carbonyl (C=O) groups excluding carboxylic acids is 1. The van der Waals surface area contributed by atoms with Crippen molar-refractivity contribution in [3.05, 3.63) is 30.7 Å². The van der Waals surface area contributed by atoms with Gasteiger partial charge in [-0.2, -0.15) is 0 Å². The van der Waals surface area contributed by atoms with Gasteiger partial charge >= 0.3 is 0 Å². The Kier molecular flexibility index (Phi) is 5.16. The molecule has 5 rings (SSSR count). The second kappa shape index (κ2) is 8.10. The van der Waals surface area contributed by atoms with E-state index in [0.717, 1.165) is 47.8 Å². The van der Waals surface area contributed by atoms with Crippen LogP contribution in [0, 0.1) is 5.92 Å². The van der Waals surface area contributed by atoms with E-state index in [2.05, 4.69) is 30.5 Å². The van der Waals surface area contributed by atoms with Gasteiger partial charge in [-0.3, -0.25) is 14.5 Å². The summed E-state index contributed by atoms with van der Waals surface area (Å²) >= 11 is 0. The molecule has 0 atom stereocenters. The van der Waals surface area contributed by atoms with Gasteiger partial charge < -0.3 is 10.2 Å². The van der Waals surface area contributed by atoms with Gasteiger partial charge in [-0.15, -0.1) is 5.10 Å². The van der Waals surface area contributed by atoms with Crippen molar-refractivity contribution in [2.24, 2.45) is 13.0 Å². The minimum atomic E-state index is 0.0777. The monoisotopic (exact) mass is 405 g/mol. The van der Waals surface area contributed by atoms with E-state index in [0.29, 0.717) is 11.9 Å². The van der Waals surface area contributed by atoms with Gasteiger partial charge in [-0.1, -0.05) is 5.21 Å². The second-order valence-electron chi connectivity index (χ2n) is 8.50. The maximum atomic E-state index is 12.8. The van der Waals surface area contributed by atoms with Crippen molar-refractivity contribution >= 4 is 22.5 Å². The Morgan fingerprint density at radius 3 is 2.50 bits per heavy atom. The Balaban J connectivity index is 1.26. The van der Waals surface area contributed by atoms with E-state index in [1.807, 2.05) is 25.4 Å². The first-order chi connectivity index (χ1) is 14.7. The van der Waals surface area contributed by atoms with Crippen molar-refractivity contribution in [3.63, 3.8) is 0 Å². The van der Waals surface area contributed by atoms with E-state index >= 15 is 0 Å². The van der Waals surface area contributed by atoms with Gasteiger partial charge in [0.05, 0.1) is 11.9 Å². The average Bonchev–Trinajstić information content (AvgIpc) is 3.45. The number of pyridine rings is 2. The molecule has 1 aliphatic heterocycles. The van der Waals surface area contributed by atoms with Gasteiger partial charge in [-0.05, 0) is 69.1 Å². The molecule has 30 heavy (non-hydrogen) atoms. The molecule has 0 aromatic carbocycles. The zero-order chi connectivity index (χ0) is 20.5. The summed E-state index contributed by atoms with van der Waals surface area (Å²) in [5.41, 5.74) is 1.47. The summed E-state index contributed by atoms with van der Waals surface area (Å²) in [6.07, 6.45) is 12.2. The number of hydrogen-bond donors (Lipinski definition) is 1. The largest absolute Gasteiger partial charge is 0.310 e. The molecule has 0 bridgehead atoms. The zero-order valence-electron chi connectivity index (χ0n) is 17.3. The Morgan fingerprint density at radius 1 is 1.00 bits per heavy atom. The molecule has 0 radical (unpaired) electrons. The number of rotatable bonds is 4.